The Bertz CT molecular complexity index is 1170. The fourth-order valence-corrected chi connectivity index (χ4v) is 4.25. The Hall–Kier alpha value is -2.78. The van der Waals surface area contributed by atoms with Crippen molar-refractivity contribution in [1.29, 1.82) is 0 Å². The normalized spacial score (nSPS) is 17.2. The number of amides is 1. The summed E-state index contributed by atoms with van der Waals surface area (Å²) in [5, 5.41) is 10.6. The van der Waals surface area contributed by atoms with Crippen molar-refractivity contribution in [3.63, 3.8) is 0 Å². The monoisotopic (exact) mass is 427 g/mol. The Morgan fingerprint density at radius 1 is 1.30 bits per heavy atom. The largest absolute Gasteiger partial charge is 0.325 e. The molecule has 1 saturated heterocycles. The average Bonchev–Trinajstić information content (AvgIpc) is 3.16. The molecule has 1 aliphatic rings. The first-order chi connectivity index (χ1) is 14.4. The second kappa shape index (κ2) is 8.53. The number of pyridine rings is 2. The maximum atomic E-state index is 12.0. The molecule has 9 heteroatoms. The Labute approximate surface area is 175 Å². The van der Waals surface area contributed by atoms with E-state index in [1.807, 2.05) is 18.2 Å². The number of fused-ring (bicyclic) bond motifs is 1. The topological polar surface area (TPSA) is 105 Å². The fourth-order valence-electron chi connectivity index (χ4n) is 3.69. The van der Waals surface area contributed by atoms with Crippen molar-refractivity contribution in [1.82, 2.24) is 19.9 Å². The number of piperidine rings is 1. The van der Waals surface area contributed by atoms with E-state index < -0.39 is 9.84 Å². The SMILES string of the molecule is CS(=O)(=O)CCC(=O)Nc1ccc2c(-c3cccc(C4CCCNC4)n3)cnn2c1. The van der Waals surface area contributed by atoms with E-state index in [2.05, 4.69) is 21.8 Å². The number of hydrogen-bond donors (Lipinski definition) is 2. The van der Waals surface area contributed by atoms with Crippen molar-refractivity contribution in [2.24, 2.45) is 0 Å². The molecule has 4 heterocycles. The maximum Gasteiger partial charge on any atom is 0.225 e. The highest BCUT2D eigenvalue weighted by Crippen LogP contribution is 2.27. The van der Waals surface area contributed by atoms with Gasteiger partial charge in [0.25, 0.3) is 0 Å². The van der Waals surface area contributed by atoms with Crippen LogP contribution in [0.15, 0.2) is 42.7 Å². The van der Waals surface area contributed by atoms with E-state index in [1.54, 1.807) is 23.0 Å². The molecule has 0 saturated carbocycles. The molecular formula is C21H25N5O3S. The number of carbonyl (C=O) groups is 1. The predicted octanol–water partition coefficient (Wildman–Crippen LogP) is 2.24. The van der Waals surface area contributed by atoms with Crippen LogP contribution in [0, 0.1) is 0 Å². The molecule has 0 spiro atoms. The van der Waals surface area contributed by atoms with Crippen molar-refractivity contribution >= 4 is 26.9 Å². The number of hydrogen-bond acceptors (Lipinski definition) is 6. The van der Waals surface area contributed by atoms with Crippen LogP contribution >= 0.6 is 0 Å². The molecule has 3 aromatic rings. The van der Waals surface area contributed by atoms with Gasteiger partial charge < -0.3 is 10.6 Å². The van der Waals surface area contributed by atoms with Crippen LogP contribution < -0.4 is 10.6 Å². The standard InChI is InChI=1S/C21H25N5O3S/c1-30(28,29)11-9-21(27)24-16-7-8-20-17(13-23-26(20)14-16)19-6-2-5-18(25-19)15-4-3-10-22-12-15/h2,5-8,13-15,22H,3-4,9-12H2,1H3,(H,24,27). The summed E-state index contributed by atoms with van der Waals surface area (Å²) in [6, 6.07) is 9.76. The second-order valence-corrected chi connectivity index (χ2v) is 9.98. The molecule has 1 amide bonds. The summed E-state index contributed by atoms with van der Waals surface area (Å²) < 4.78 is 24.1. The predicted molar refractivity (Wildman–Crippen MR) is 116 cm³/mol. The molecule has 1 unspecified atom stereocenters. The lowest BCUT2D eigenvalue weighted by molar-refractivity contribution is -0.115. The molecular weight excluding hydrogens is 402 g/mol. The number of rotatable bonds is 6. The van der Waals surface area contributed by atoms with Gasteiger partial charge in [0.2, 0.25) is 5.91 Å². The first kappa shape index (κ1) is 20.5. The smallest absolute Gasteiger partial charge is 0.225 e. The minimum atomic E-state index is -3.17. The summed E-state index contributed by atoms with van der Waals surface area (Å²) in [6.45, 7) is 2.02. The summed E-state index contributed by atoms with van der Waals surface area (Å²) in [5.41, 5.74) is 4.34. The Kier molecular flexibility index (Phi) is 5.83. The van der Waals surface area contributed by atoms with Crippen molar-refractivity contribution in [3.8, 4) is 11.3 Å². The highest BCUT2D eigenvalue weighted by atomic mass is 32.2. The van der Waals surface area contributed by atoms with Crippen LogP contribution in [0.2, 0.25) is 0 Å². The highest BCUT2D eigenvalue weighted by Gasteiger charge is 2.18. The first-order valence-corrected chi connectivity index (χ1v) is 12.1. The van der Waals surface area contributed by atoms with Gasteiger partial charge in [0, 0.05) is 36.4 Å². The van der Waals surface area contributed by atoms with Gasteiger partial charge in [0.15, 0.2) is 0 Å². The Morgan fingerprint density at radius 2 is 2.17 bits per heavy atom. The Morgan fingerprint density at radius 3 is 2.93 bits per heavy atom. The molecule has 0 radical (unpaired) electrons. The number of sulfone groups is 1. The lowest BCUT2D eigenvalue weighted by Gasteiger charge is -2.22. The van der Waals surface area contributed by atoms with E-state index >= 15 is 0 Å². The fraction of sp³-hybridized carbons (Fsp3) is 0.381. The molecule has 30 heavy (non-hydrogen) atoms. The van der Waals surface area contributed by atoms with Gasteiger partial charge in [-0.25, -0.2) is 12.9 Å². The molecule has 1 aliphatic heterocycles. The number of nitrogens with zero attached hydrogens (tertiary/aromatic N) is 3. The lowest BCUT2D eigenvalue weighted by atomic mass is 9.95. The van der Waals surface area contributed by atoms with Crippen LogP contribution in [0.25, 0.3) is 16.8 Å². The summed E-state index contributed by atoms with van der Waals surface area (Å²) in [4.78, 5) is 16.9. The van der Waals surface area contributed by atoms with Crippen LogP contribution in [0.3, 0.4) is 0 Å². The van der Waals surface area contributed by atoms with Crippen molar-refractivity contribution in [3.05, 3.63) is 48.4 Å². The van der Waals surface area contributed by atoms with E-state index in [1.165, 1.54) is 0 Å². The molecule has 8 nitrogen and oxygen atoms in total. The van der Waals surface area contributed by atoms with Crippen LogP contribution in [0.1, 0.15) is 30.9 Å². The number of carbonyl (C=O) groups excluding carboxylic acids is 1. The zero-order valence-electron chi connectivity index (χ0n) is 16.8. The molecule has 0 aromatic carbocycles. The third-order valence-corrected chi connectivity index (χ3v) is 6.21. The van der Waals surface area contributed by atoms with Gasteiger partial charge in [-0.15, -0.1) is 0 Å². The minimum absolute atomic E-state index is 0.0754. The van der Waals surface area contributed by atoms with Gasteiger partial charge in [-0.1, -0.05) is 6.07 Å². The van der Waals surface area contributed by atoms with E-state index in [-0.39, 0.29) is 18.1 Å². The lowest BCUT2D eigenvalue weighted by Crippen LogP contribution is -2.28. The number of aromatic nitrogens is 3. The quantitative estimate of drug-likeness (QED) is 0.625. The summed E-state index contributed by atoms with van der Waals surface area (Å²) in [6.07, 6.45) is 6.83. The molecule has 1 fully saturated rings. The summed E-state index contributed by atoms with van der Waals surface area (Å²) in [5.74, 6) is -0.0946. The third kappa shape index (κ3) is 4.85. The number of nitrogens with one attached hydrogen (secondary N) is 2. The Balaban J connectivity index is 1.53. The van der Waals surface area contributed by atoms with E-state index in [0.717, 1.165) is 54.7 Å². The molecule has 0 aliphatic carbocycles. The molecule has 158 valence electrons. The molecule has 4 rings (SSSR count). The van der Waals surface area contributed by atoms with Crippen molar-refractivity contribution in [2.75, 3.05) is 30.4 Å². The molecule has 3 aromatic heterocycles. The van der Waals surface area contributed by atoms with Gasteiger partial charge >= 0.3 is 0 Å². The first-order valence-electron chi connectivity index (χ1n) is 10.0. The summed E-state index contributed by atoms with van der Waals surface area (Å²) >= 11 is 0. The average molecular weight is 428 g/mol. The molecule has 1 atom stereocenters. The van der Waals surface area contributed by atoms with Gasteiger partial charge in [0.05, 0.1) is 35.0 Å². The minimum Gasteiger partial charge on any atom is -0.325 e. The van der Waals surface area contributed by atoms with Gasteiger partial charge in [-0.2, -0.15) is 5.10 Å². The second-order valence-electron chi connectivity index (χ2n) is 7.72. The van der Waals surface area contributed by atoms with Crippen LogP contribution in [-0.4, -0.2) is 54.0 Å². The van der Waals surface area contributed by atoms with E-state index in [4.69, 9.17) is 4.98 Å². The van der Waals surface area contributed by atoms with E-state index in [0.29, 0.717) is 11.6 Å². The molecule has 0 bridgehead atoms. The summed E-state index contributed by atoms with van der Waals surface area (Å²) in [7, 11) is -3.17. The highest BCUT2D eigenvalue weighted by molar-refractivity contribution is 7.90. The zero-order chi connectivity index (χ0) is 21.1. The van der Waals surface area contributed by atoms with Crippen molar-refractivity contribution in [2.45, 2.75) is 25.2 Å². The zero-order valence-corrected chi connectivity index (χ0v) is 17.7. The van der Waals surface area contributed by atoms with Gasteiger partial charge in [-0.3, -0.25) is 9.78 Å². The van der Waals surface area contributed by atoms with Crippen LogP contribution in [0.5, 0.6) is 0 Å². The van der Waals surface area contributed by atoms with Crippen LogP contribution in [-0.2, 0) is 14.6 Å². The van der Waals surface area contributed by atoms with E-state index in [9.17, 15) is 13.2 Å². The maximum absolute atomic E-state index is 12.0. The van der Waals surface area contributed by atoms with Crippen LogP contribution in [0.4, 0.5) is 5.69 Å². The molecule has 2 N–H and O–H groups in total. The van der Waals surface area contributed by atoms with Crippen molar-refractivity contribution < 1.29 is 13.2 Å². The van der Waals surface area contributed by atoms with Gasteiger partial charge in [0.1, 0.15) is 9.84 Å². The number of anilines is 1. The third-order valence-electron chi connectivity index (χ3n) is 5.26. The van der Waals surface area contributed by atoms with Gasteiger partial charge in [-0.05, 0) is 43.7 Å².